The lowest BCUT2D eigenvalue weighted by atomic mass is 10.0. The van der Waals surface area contributed by atoms with Gasteiger partial charge in [0.05, 0.1) is 10.7 Å². The second kappa shape index (κ2) is 6.05. The number of anilines is 3. The standard InChI is InChI=1S/C14H16ClFN4/c1-8(2)12-13(17-3)18-7-19-14(12)20-11-5-4-9(16)6-10(11)15/h4-8H,1-3H3,(H2,17,18,19,20). The number of rotatable bonds is 4. The Bertz CT molecular complexity index is 616. The van der Waals surface area contributed by atoms with E-state index in [0.29, 0.717) is 16.5 Å². The highest BCUT2D eigenvalue weighted by Gasteiger charge is 2.15. The normalized spacial score (nSPS) is 10.7. The molecule has 0 unspecified atom stereocenters. The van der Waals surface area contributed by atoms with E-state index in [1.165, 1.54) is 18.5 Å². The molecule has 0 saturated heterocycles. The Kier molecular flexibility index (Phi) is 4.39. The van der Waals surface area contributed by atoms with E-state index in [-0.39, 0.29) is 11.7 Å². The van der Waals surface area contributed by atoms with Crippen molar-refractivity contribution in [1.29, 1.82) is 0 Å². The van der Waals surface area contributed by atoms with Gasteiger partial charge in [-0.1, -0.05) is 25.4 Å². The maximum Gasteiger partial charge on any atom is 0.139 e. The summed E-state index contributed by atoms with van der Waals surface area (Å²) in [6.07, 6.45) is 1.47. The molecule has 0 aliphatic rings. The molecule has 6 heteroatoms. The summed E-state index contributed by atoms with van der Waals surface area (Å²) in [6, 6.07) is 4.20. The first-order valence-electron chi connectivity index (χ1n) is 6.27. The first-order chi connectivity index (χ1) is 9.52. The monoisotopic (exact) mass is 294 g/mol. The Morgan fingerprint density at radius 2 is 1.90 bits per heavy atom. The van der Waals surface area contributed by atoms with Gasteiger partial charge in [0.25, 0.3) is 0 Å². The Labute approximate surface area is 122 Å². The summed E-state index contributed by atoms with van der Waals surface area (Å²) in [7, 11) is 1.81. The van der Waals surface area contributed by atoms with Gasteiger partial charge in [0.1, 0.15) is 23.8 Å². The van der Waals surface area contributed by atoms with E-state index < -0.39 is 0 Å². The van der Waals surface area contributed by atoms with E-state index in [4.69, 9.17) is 11.6 Å². The molecule has 0 amide bonds. The zero-order chi connectivity index (χ0) is 14.7. The number of aromatic nitrogens is 2. The number of hydrogen-bond acceptors (Lipinski definition) is 4. The molecule has 0 aliphatic carbocycles. The highest BCUT2D eigenvalue weighted by molar-refractivity contribution is 6.33. The third-order valence-corrected chi connectivity index (χ3v) is 3.19. The number of benzene rings is 1. The van der Waals surface area contributed by atoms with Gasteiger partial charge in [-0.2, -0.15) is 0 Å². The van der Waals surface area contributed by atoms with Crippen molar-refractivity contribution in [2.45, 2.75) is 19.8 Å². The molecule has 0 bridgehead atoms. The van der Waals surface area contributed by atoms with Crippen LogP contribution in [0.15, 0.2) is 24.5 Å². The summed E-state index contributed by atoms with van der Waals surface area (Å²) in [5.74, 6) is 1.27. The maximum absolute atomic E-state index is 13.1. The number of halogens is 2. The second-order valence-electron chi connectivity index (χ2n) is 4.64. The lowest BCUT2D eigenvalue weighted by Crippen LogP contribution is -2.07. The third kappa shape index (κ3) is 2.99. The summed E-state index contributed by atoms with van der Waals surface area (Å²) in [5, 5.41) is 6.49. The Balaban J connectivity index is 2.43. The quantitative estimate of drug-likeness (QED) is 0.888. The van der Waals surface area contributed by atoms with Crippen LogP contribution in [0.3, 0.4) is 0 Å². The van der Waals surface area contributed by atoms with E-state index >= 15 is 0 Å². The molecule has 4 nitrogen and oxygen atoms in total. The first-order valence-corrected chi connectivity index (χ1v) is 6.65. The SMILES string of the molecule is CNc1ncnc(Nc2ccc(F)cc2Cl)c1C(C)C. The molecule has 106 valence electrons. The molecular weight excluding hydrogens is 279 g/mol. The van der Waals surface area contributed by atoms with Gasteiger partial charge in [0.2, 0.25) is 0 Å². The average Bonchev–Trinajstić information content (AvgIpc) is 2.41. The largest absolute Gasteiger partial charge is 0.373 e. The molecule has 2 N–H and O–H groups in total. The fourth-order valence-corrected chi connectivity index (χ4v) is 2.17. The molecule has 0 aliphatic heterocycles. The molecule has 1 heterocycles. The maximum atomic E-state index is 13.1. The molecule has 1 aromatic carbocycles. The zero-order valence-electron chi connectivity index (χ0n) is 11.5. The van der Waals surface area contributed by atoms with Crippen LogP contribution in [-0.2, 0) is 0 Å². The van der Waals surface area contributed by atoms with E-state index in [1.54, 1.807) is 6.07 Å². The highest BCUT2D eigenvalue weighted by Crippen LogP contribution is 2.32. The van der Waals surface area contributed by atoms with E-state index in [9.17, 15) is 4.39 Å². The summed E-state index contributed by atoms with van der Waals surface area (Å²) >= 11 is 6.02. The van der Waals surface area contributed by atoms with Gasteiger partial charge in [-0.05, 0) is 24.1 Å². The van der Waals surface area contributed by atoms with Crippen molar-refractivity contribution in [2.24, 2.45) is 0 Å². The van der Waals surface area contributed by atoms with Crippen LogP contribution >= 0.6 is 11.6 Å². The van der Waals surface area contributed by atoms with Gasteiger partial charge in [-0.3, -0.25) is 0 Å². The van der Waals surface area contributed by atoms with E-state index in [2.05, 4.69) is 34.4 Å². The van der Waals surface area contributed by atoms with Gasteiger partial charge in [-0.25, -0.2) is 14.4 Å². The van der Waals surface area contributed by atoms with Gasteiger partial charge in [0.15, 0.2) is 0 Å². The van der Waals surface area contributed by atoms with Crippen LogP contribution in [0.1, 0.15) is 25.3 Å². The summed E-state index contributed by atoms with van der Waals surface area (Å²) in [4.78, 5) is 8.45. The van der Waals surface area contributed by atoms with Gasteiger partial charge >= 0.3 is 0 Å². The molecule has 0 fully saturated rings. The molecule has 0 saturated carbocycles. The van der Waals surface area contributed by atoms with Crippen molar-refractivity contribution in [3.05, 3.63) is 40.9 Å². The van der Waals surface area contributed by atoms with Crippen LogP contribution in [0.5, 0.6) is 0 Å². The Morgan fingerprint density at radius 3 is 2.50 bits per heavy atom. The first kappa shape index (κ1) is 14.5. The summed E-state index contributed by atoms with van der Waals surface area (Å²) in [6.45, 7) is 4.11. The van der Waals surface area contributed by atoms with Crippen LogP contribution < -0.4 is 10.6 Å². The van der Waals surface area contributed by atoms with Gasteiger partial charge in [0, 0.05) is 12.6 Å². The van der Waals surface area contributed by atoms with Crippen molar-refractivity contribution in [3.8, 4) is 0 Å². The molecule has 0 spiro atoms. The minimum Gasteiger partial charge on any atom is -0.373 e. The van der Waals surface area contributed by atoms with Gasteiger partial charge in [-0.15, -0.1) is 0 Å². The van der Waals surface area contributed by atoms with Gasteiger partial charge < -0.3 is 10.6 Å². The van der Waals surface area contributed by atoms with Crippen molar-refractivity contribution in [3.63, 3.8) is 0 Å². The molecular formula is C14H16ClFN4. The lowest BCUT2D eigenvalue weighted by Gasteiger charge is -2.17. The predicted molar refractivity (Wildman–Crippen MR) is 80.4 cm³/mol. The molecule has 2 rings (SSSR count). The van der Waals surface area contributed by atoms with Crippen LogP contribution in [-0.4, -0.2) is 17.0 Å². The molecule has 0 atom stereocenters. The van der Waals surface area contributed by atoms with Crippen molar-refractivity contribution in [2.75, 3.05) is 17.7 Å². The Morgan fingerprint density at radius 1 is 1.20 bits per heavy atom. The van der Waals surface area contributed by atoms with Crippen LogP contribution in [0.2, 0.25) is 5.02 Å². The average molecular weight is 295 g/mol. The highest BCUT2D eigenvalue weighted by atomic mass is 35.5. The molecule has 2 aromatic rings. The molecule has 1 aromatic heterocycles. The Hall–Kier alpha value is -1.88. The van der Waals surface area contributed by atoms with E-state index in [1.807, 2.05) is 7.05 Å². The predicted octanol–water partition coefficient (Wildman–Crippen LogP) is 4.18. The summed E-state index contributed by atoms with van der Waals surface area (Å²) < 4.78 is 13.1. The van der Waals surface area contributed by atoms with Crippen LogP contribution in [0.25, 0.3) is 0 Å². The number of nitrogens with one attached hydrogen (secondary N) is 2. The number of hydrogen-bond donors (Lipinski definition) is 2. The fraction of sp³-hybridized carbons (Fsp3) is 0.286. The smallest absolute Gasteiger partial charge is 0.139 e. The fourth-order valence-electron chi connectivity index (χ4n) is 1.96. The molecule has 20 heavy (non-hydrogen) atoms. The van der Waals surface area contributed by atoms with Crippen LogP contribution in [0.4, 0.5) is 21.7 Å². The lowest BCUT2D eigenvalue weighted by molar-refractivity contribution is 0.628. The topological polar surface area (TPSA) is 49.8 Å². The van der Waals surface area contributed by atoms with Crippen molar-refractivity contribution >= 4 is 28.9 Å². The second-order valence-corrected chi connectivity index (χ2v) is 5.05. The minimum atomic E-state index is -0.372. The third-order valence-electron chi connectivity index (χ3n) is 2.88. The van der Waals surface area contributed by atoms with E-state index in [0.717, 1.165) is 11.4 Å². The van der Waals surface area contributed by atoms with Crippen molar-refractivity contribution < 1.29 is 4.39 Å². The molecule has 0 radical (unpaired) electrons. The van der Waals surface area contributed by atoms with Crippen molar-refractivity contribution in [1.82, 2.24) is 9.97 Å². The minimum absolute atomic E-state index is 0.223. The number of nitrogens with zero attached hydrogens (tertiary/aromatic N) is 2. The van der Waals surface area contributed by atoms with Crippen LogP contribution in [0, 0.1) is 5.82 Å². The summed E-state index contributed by atoms with van der Waals surface area (Å²) in [5.41, 5.74) is 1.56. The zero-order valence-corrected chi connectivity index (χ0v) is 12.3.